The molecule has 0 aliphatic carbocycles. The van der Waals surface area contributed by atoms with Crippen LogP contribution in [0.5, 0.6) is 5.75 Å². The van der Waals surface area contributed by atoms with E-state index in [9.17, 15) is 0 Å². The number of rotatable bonds is 11. The van der Waals surface area contributed by atoms with Crippen molar-refractivity contribution in [2.24, 2.45) is 0 Å². The molecular weight excluding hydrogens is 433 g/mol. The molecule has 1 N–H and O–H groups in total. The first kappa shape index (κ1) is 21.4. The zero-order valence-corrected chi connectivity index (χ0v) is 18.0. The lowest BCUT2D eigenvalue weighted by Crippen LogP contribution is -2.48. The van der Waals surface area contributed by atoms with Crippen LogP contribution in [0.15, 0.2) is 30.3 Å². The molecule has 1 rings (SSSR count). The highest BCUT2D eigenvalue weighted by molar-refractivity contribution is 14.1. The first-order chi connectivity index (χ1) is 11.6. The number of likely N-dealkylation sites (N-methyl/N-ethyl adjacent to an activating group) is 1. The highest BCUT2D eigenvalue weighted by atomic mass is 127. The Morgan fingerprint density at radius 1 is 1.21 bits per heavy atom. The number of ether oxygens (including phenoxy) is 1. The Morgan fingerprint density at radius 3 is 2.46 bits per heavy atom. The summed E-state index contributed by atoms with van der Waals surface area (Å²) in [4.78, 5) is 4.62. The van der Waals surface area contributed by atoms with Gasteiger partial charge < -0.3 is 19.9 Å². The molecule has 0 saturated carbocycles. The Bertz CT molecular complexity index is 457. The van der Waals surface area contributed by atoms with E-state index in [-0.39, 0.29) is 0 Å². The van der Waals surface area contributed by atoms with Crippen molar-refractivity contribution >= 4 is 39.9 Å². The second kappa shape index (κ2) is 12.7. The van der Waals surface area contributed by atoms with Gasteiger partial charge in [0.1, 0.15) is 12.4 Å². The minimum absolute atomic E-state index is 0.387. The molecule has 0 radical (unpaired) electrons. The molecule has 1 unspecified atom stereocenters. The summed E-state index contributed by atoms with van der Waals surface area (Å²) >= 11 is 8.02. The number of hydrogen-bond acceptors (Lipinski definition) is 3. The Kier molecular flexibility index (Phi) is 11.4. The normalized spacial score (nSPS) is 12.0. The van der Waals surface area contributed by atoms with Crippen LogP contribution in [-0.2, 0) is 0 Å². The molecule has 6 heteroatoms. The fourth-order valence-electron chi connectivity index (χ4n) is 2.35. The summed E-state index contributed by atoms with van der Waals surface area (Å²) in [5, 5.41) is 4.22. The third-order valence-electron chi connectivity index (χ3n) is 3.96. The summed E-state index contributed by atoms with van der Waals surface area (Å²) in [6, 6.07) is 10.3. The van der Waals surface area contributed by atoms with Gasteiger partial charge in [-0.05, 0) is 44.4 Å². The molecule has 0 heterocycles. The molecule has 0 aromatic heterocycles. The van der Waals surface area contributed by atoms with E-state index in [4.69, 9.17) is 17.0 Å². The molecule has 0 aliphatic rings. The molecule has 0 amide bonds. The van der Waals surface area contributed by atoms with Gasteiger partial charge in [0.05, 0.1) is 6.54 Å². The van der Waals surface area contributed by atoms with E-state index in [0.717, 1.165) is 48.0 Å². The van der Waals surface area contributed by atoms with Crippen molar-refractivity contribution in [3.05, 3.63) is 30.3 Å². The molecule has 1 aromatic carbocycles. The molecule has 0 spiro atoms. The quantitative estimate of drug-likeness (QED) is 0.309. The molecule has 0 aliphatic heterocycles. The molecule has 0 fully saturated rings. The highest BCUT2D eigenvalue weighted by Crippen LogP contribution is 2.09. The van der Waals surface area contributed by atoms with E-state index >= 15 is 0 Å². The number of benzene rings is 1. The van der Waals surface area contributed by atoms with Gasteiger partial charge in [-0.2, -0.15) is 0 Å². The predicted octanol–water partition coefficient (Wildman–Crippen LogP) is 3.41. The van der Waals surface area contributed by atoms with Crippen LogP contribution in [0, 0.1) is 0 Å². The maximum absolute atomic E-state index is 5.82. The maximum atomic E-state index is 5.82. The monoisotopic (exact) mass is 463 g/mol. The van der Waals surface area contributed by atoms with Crippen molar-refractivity contribution in [2.75, 3.05) is 43.8 Å². The number of para-hydroxylation sites is 1. The largest absolute Gasteiger partial charge is 0.492 e. The van der Waals surface area contributed by atoms with E-state index in [0.29, 0.717) is 12.6 Å². The number of alkyl halides is 1. The molecule has 1 atom stereocenters. The van der Waals surface area contributed by atoms with Crippen molar-refractivity contribution in [2.45, 2.75) is 26.8 Å². The number of halogens is 1. The van der Waals surface area contributed by atoms with Crippen molar-refractivity contribution in [1.29, 1.82) is 0 Å². The molecule has 1 aromatic rings. The van der Waals surface area contributed by atoms with Gasteiger partial charge >= 0.3 is 0 Å². The Hall–Kier alpha value is -0.600. The van der Waals surface area contributed by atoms with Gasteiger partial charge in [-0.15, -0.1) is 0 Å². The summed E-state index contributed by atoms with van der Waals surface area (Å²) < 4.78 is 6.85. The number of nitrogens with one attached hydrogen (secondary N) is 1. The highest BCUT2D eigenvalue weighted by Gasteiger charge is 2.16. The van der Waals surface area contributed by atoms with Crippen LogP contribution in [0.4, 0.5) is 0 Å². The predicted molar refractivity (Wildman–Crippen MR) is 115 cm³/mol. The van der Waals surface area contributed by atoms with Gasteiger partial charge in [0.2, 0.25) is 0 Å². The zero-order chi connectivity index (χ0) is 17.8. The smallest absolute Gasteiger partial charge is 0.169 e. The van der Waals surface area contributed by atoms with Crippen molar-refractivity contribution in [3.8, 4) is 5.75 Å². The third-order valence-corrected chi connectivity index (χ3v) is 5.61. The van der Waals surface area contributed by atoms with Crippen molar-refractivity contribution in [3.63, 3.8) is 0 Å². The van der Waals surface area contributed by atoms with Crippen LogP contribution in [0.2, 0.25) is 0 Å². The second-order valence-electron chi connectivity index (χ2n) is 5.62. The lowest BCUT2D eigenvalue weighted by molar-refractivity contribution is 0.246. The standard InChI is InChI=1S/C18H30IN3OS/c1-4-21(5-2)12-11-20-18(24)22(16(3)15-19)13-14-23-17-9-7-6-8-10-17/h6-10,16H,4-5,11-15H2,1-3H3,(H,20,24). The fourth-order valence-corrected chi connectivity index (χ4v) is 3.20. The Labute approximate surface area is 166 Å². The molecular formula is C18H30IN3OS. The van der Waals surface area contributed by atoms with Crippen LogP contribution in [-0.4, -0.2) is 64.7 Å². The maximum Gasteiger partial charge on any atom is 0.169 e. The van der Waals surface area contributed by atoms with Gasteiger partial charge in [0.15, 0.2) is 5.11 Å². The topological polar surface area (TPSA) is 27.7 Å². The SMILES string of the molecule is CCN(CC)CCNC(=S)N(CCOc1ccccc1)C(C)CI. The van der Waals surface area contributed by atoms with Gasteiger partial charge in [-0.25, -0.2) is 0 Å². The summed E-state index contributed by atoms with van der Waals surface area (Å²) in [6.45, 7) is 12.0. The van der Waals surface area contributed by atoms with Gasteiger partial charge in [-0.3, -0.25) is 0 Å². The lowest BCUT2D eigenvalue weighted by Gasteiger charge is -2.31. The minimum atomic E-state index is 0.387. The lowest BCUT2D eigenvalue weighted by atomic mass is 10.3. The van der Waals surface area contributed by atoms with E-state index in [1.165, 1.54) is 0 Å². The average molecular weight is 463 g/mol. The fraction of sp³-hybridized carbons (Fsp3) is 0.611. The van der Waals surface area contributed by atoms with E-state index in [2.05, 4.69) is 58.5 Å². The third kappa shape index (κ3) is 7.98. The summed E-state index contributed by atoms with van der Waals surface area (Å²) in [5.41, 5.74) is 0. The van der Waals surface area contributed by atoms with E-state index in [1.807, 2.05) is 30.3 Å². The number of thiocarbonyl (C=S) groups is 1. The van der Waals surface area contributed by atoms with E-state index < -0.39 is 0 Å². The average Bonchev–Trinajstić information content (AvgIpc) is 2.62. The second-order valence-corrected chi connectivity index (χ2v) is 6.88. The molecule has 136 valence electrons. The van der Waals surface area contributed by atoms with Crippen LogP contribution in [0.25, 0.3) is 0 Å². The van der Waals surface area contributed by atoms with Gasteiger partial charge in [0.25, 0.3) is 0 Å². The Morgan fingerprint density at radius 2 is 1.88 bits per heavy atom. The van der Waals surface area contributed by atoms with Crippen molar-refractivity contribution < 1.29 is 4.74 Å². The molecule has 4 nitrogen and oxygen atoms in total. The molecule has 0 bridgehead atoms. The Balaban J connectivity index is 2.44. The van der Waals surface area contributed by atoms with Gasteiger partial charge in [-0.1, -0.05) is 54.6 Å². The van der Waals surface area contributed by atoms with E-state index in [1.54, 1.807) is 0 Å². The van der Waals surface area contributed by atoms with Crippen LogP contribution < -0.4 is 10.1 Å². The van der Waals surface area contributed by atoms with Gasteiger partial charge in [0, 0.05) is 23.6 Å². The molecule has 0 saturated heterocycles. The number of nitrogens with zero attached hydrogens (tertiary/aromatic N) is 2. The summed E-state index contributed by atoms with van der Waals surface area (Å²) in [6.07, 6.45) is 0. The van der Waals surface area contributed by atoms with Crippen LogP contribution >= 0.6 is 34.8 Å². The van der Waals surface area contributed by atoms with Crippen LogP contribution in [0.1, 0.15) is 20.8 Å². The first-order valence-electron chi connectivity index (χ1n) is 8.62. The van der Waals surface area contributed by atoms with Crippen molar-refractivity contribution in [1.82, 2.24) is 15.1 Å². The summed E-state index contributed by atoms with van der Waals surface area (Å²) in [5.74, 6) is 0.903. The zero-order valence-electron chi connectivity index (χ0n) is 15.0. The minimum Gasteiger partial charge on any atom is -0.492 e. The summed E-state index contributed by atoms with van der Waals surface area (Å²) in [7, 11) is 0. The van der Waals surface area contributed by atoms with Crippen LogP contribution in [0.3, 0.4) is 0 Å². The molecule has 24 heavy (non-hydrogen) atoms. The first-order valence-corrected chi connectivity index (χ1v) is 10.6. The number of hydrogen-bond donors (Lipinski definition) is 1.